The Labute approximate surface area is 170 Å². The lowest BCUT2D eigenvalue weighted by Gasteiger charge is -2.42. The second-order valence-corrected chi connectivity index (χ2v) is 9.34. The highest BCUT2D eigenvalue weighted by Crippen LogP contribution is 2.42. The molecule has 28 heavy (non-hydrogen) atoms. The van der Waals surface area contributed by atoms with Crippen LogP contribution in [-0.4, -0.2) is 36.9 Å². The number of nitrogens with zero attached hydrogens (tertiary/aromatic N) is 1. The van der Waals surface area contributed by atoms with E-state index < -0.39 is 5.41 Å². The summed E-state index contributed by atoms with van der Waals surface area (Å²) in [7, 11) is 1.70. The molecule has 1 aliphatic heterocycles. The van der Waals surface area contributed by atoms with Gasteiger partial charge in [0.25, 0.3) is 0 Å². The first kappa shape index (κ1) is 19.2. The molecule has 2 fully saturated rings. The van der Waals surface area contributed by atoms with Crippen LogP contribution in [0.15, 0.2) is 41.8 Å². The molecule has 2 aromatic rings. The highest BCUT2D eigenvalue weighted by atomic mass is 32.1. The number of hydrogen-bond acceptors (Lipinski definition) is 3. The van der Waals surface area contributed by atoms with Crippen molar-refractivity contribution in [3.05, 3.63) is 47.3 Å². The van der Waals surface area contributed by atoms with Gasteiger partial charge >= 0.3 is 0 Å². The molecule has 1 saturated heterocycles. The van der Waals surface area contributed by atoms with E-state index in [9.17, 15) is 9.59 Å². The van der Waals surface area contributed by atoms with Gasteiger partial charge in [0.15, 0.2) is 0 Å². The van der Waals surface area contributed by atoms with Gasteiger partial charge in [-0.15, -0.1) is 11.3 Å². The summed E-state index contributed by atoms with van der Waals surface area (Å²) in [5.41, 5.74) is 1.80. The molecule has 4 nitrogen and oxygen atoms in total. The van der Waals surface area contributed by atoms with E-state index in [1.807, 2.05) is 4.90 Å². The number of carbonyl (C=O) groups is 2. The highest BCUT2D eigenvalue weighted by molar-refractivity contribution is 7.13. The Hall–Kier alpha value is -2.14. The lowest BCUT2D eigenvalue weighted by atomic mass is 9.74. The average molecular weight is 397 g/mol. The van der Waals surface area contributed by atoms with Crippen LogP contribution in [0.2, 0.25) is 0 Å². The van der Waals surface area contributed by atoms with Crippen molar-refractivity contribution in [2.75, 3.05) is 20.1 Å². The van der Waals surface area contributed by atoms with Crippen molar-refractivity contribution < 1.29 is 9.59 Å². The summed E-state index contributed by atoms with van der Waals surface area (Å²) in [5, 5.41) is 4.96. The molecule has 0 bridgehead atoms. The second kappa shape index (κ2) is 7.70. The van der Waals surface area contributed by atoms with E-state index >= 15 is 0 Å². The molecule has 1 saturated carbocycles. The van der Waals surface area contributed by atoms with Crippen LogP contribution < -0.4 is 5.32 Å². The van der Waals surface area contributed by atoms with Crippen LogP contribution in [0.4, 0.5) is 0 Å². The number of carbonyl (C=O) groups excluding carboxylic acids is 2. The predicted octanol–water partition coefficient (Wildman–Crippen LogP) is 3.97. The Balaban J connectivity index is 1.58. The molecule has 0 radical (unpaired) electrons. The minimum atomic E-state index is -0.547. The summed E-state index contributed by atoms with van der Waals surface area (Å²) in [5.74, 6) is 0.956. The molecule has 1 aromatic heterocycles. The minimum Gasteiger partial charge on any atom is -0.359 e. The average Bonchev–Trinajstić information content (AvgIpc) is 3.20. The molecule has 2 heterocycles. The Morgan fingerprint density at radius 1 is 1.29 bits per heavy atom. The monoisotopic (exact) mass is 396 g/mol. The molecule has 4 rings (SSSR count). The first-order valence-electron chi connectivity index (χ1n) is 10.2. The van der Waals surface area contributed by atoms with E-state index in [1.165, 1.54) is 10.4 Å². The first-order valence-corrected chi connectivity index (χ1v) is 11.0. The third-order valence-corrected chi connectivity index (χ3v) is 7.22. The van der Waals surface area contributed by atoms with Crippen molar-refractivity contribution in [2.24, 2.45) is 17.3 Å². The van der Waals surface area contributed by atoms with Gasteiger partial charge in [-0.3, -0.25) is 9.59 Å². The third-order valence-electron chi connectivity index (χ3n) is 6.30. The summed E-state index contributed by atoms with van der Waals surface area (Å²) < 4.78 is 0. The SMILES string of the molecule is CNC(=O)[C@]1(Cc2cccc(-c3cccs3)c2)CCCN(C(=O)[C@@H]2C[C@H]2C)C1. The predicted molar refractivity (Wildman–Crippen MR) is 113 cm³/mol. The van der Waals surface area contributed by atoms with Crippen molar-refractivity contribution in [3.63, 3.8) is 0 Å². The quantitative estimate of drug-likeness (QED) is 0.831. The van der Waals surface area contributed by atoms with E-state index in [0.717, 1.165) is 31.4 Å². The van der Waals surface area contributed by atoms with Gasteiger partial charge in [-0.05, 0) is 54.2 Å². The van der Waals surface area contributed by atoms with E-state index in [0.29, 0.717) is 18.9 Å². The molecule has 5 heteroatoms. The first-order chi connectivity index (χ1) is 13.5. The number of benzene rings is 1. The molecule has 2 aliphatic rings. The smallest absolute Gasteiger partial charge is 0.228 e. The molecule has 0 spiro atoms. The van der Waals surface area contributed by atoms with E-state index in [2.05, 4.69) is 54.0 Å². The zero-order valence-corrected chi connectivity index (χ0v) is 17.4. The Morgan fingerprint density at radius 3 is 2.79 bits per heavy atom. The molecular formula is C23H28N2O2S. The van der Waals surface area contributed by atoms with Gasteiger partial charge in [0.2, 0.25) is 11.8 Å². The number of nitrogens with one attached hydrogen (secondary N) is 1. The summed E-state index contributed by atoms with van der Waals surface area (Å²) >= 11 is 1.72. The van der Waals surface area contributed by atoms with Gasteiger partial charge in [-0.1, -0.05) is 37.3 Å². The topological polar surface area (TPSA) is 49.4 Å². The minimum absolute atomic E-state index is 0.0513. The maximum absolute atomic E-state index is 13.0. The van der Waals surface area contributed by atoms with Crippen LogP contribution in [0.25, 0.3) is 10.4 Å². The van der Waals surface area contributed by atoms with Gasteiger partial charge in [0, 0.05) is 30.9 Å². The summed E-state index contributed by atoms with van der Waals surface area (Å²) in [6.45, 7) is 3.43. The third kappa shape index (κ3) is 3.72. The largest absolute Gasteiger partial charge is 0.359 e. The van der Waals surface area contributed by atoms with Crippen molar-refractivity contribution >= 4 is 23.2 Å². The maximum Gasteiger partial charge on any atom is 0.228 e. The summed E-state index contributed by atoms with van der Waals surface area (Å²) in [6.07, 6.45) is 3.35. The molecular weight excluding hydrogens is 368 g/mol. The van der Waals surface area contributed by atoms with Crippen molar-refractivity contribution in [2.45, 2.75) is 32.6 Å². The molecule has 3 atom stereocenters. The molecule has 1 aliphatic carbocycles. The summed E-state index contributed by atoms with van der Waals surface area (Å²) in [6, 6.07) is 12.7. The number of hydrogen-bond donors (Lipinski definition) is 1. The maximum atomic E-state index is 13.0. The number of piperidine rings is 1. The number of amides is 2. The van der Waals surface area contributed by atoms with Gasteiger partial charge < -0.3 is 10.2 Å². The van der Waals surface area contributed by atoms with Crippen LogP contribution in [0.3, 0.4) is 0 Å². The fourth-order valence-corrected chi connectivity index (χ4v) is 5.29. The van der Waals surface area contributed by atoms with Crippen LogP contribution >= 0.6 is 11.3 Å². The van der Waals surface area contributed by atoms with Crippen molar-refractivity contribution in [1.29, 1.82) is 0 Å². The van der Waals surface area contributed by atoms with Crippen LogP contribution in [0.5, 0.6) is 0 Å². The van der Waals surface area contributed by atoms with Crippen molar-refractivity contribution in [3.8, 4) is 10.4 Å². The van der Waals surface area contributed by atoms with Crippen LogP contribution in [-0.2, 0) is 16.0 Å². The zero-order valence-electron chi connectivity index (χ0n) is 16.6. The standard InChI is InChI=1S/C23H28N2O2S/c1-16-12-19(16)21(26)25-10-5-9-23(15-25,22(27)24-2)14-17-6-3-7-18(13-17)20-8-4-11-28-20/h3-4,6-8,11,13,16,19H,5,9-10,12,14-15H2,1-2H3,(H,24,27)/t16-,19-,23+/m1/s1. The molecule has 148 valence electrons. The normalized spacial score (nSPS) is 26.7. The fraction of sp³-hybridized carbons (Fsp3) is 0.478. The van der Waals surface area contributed by atoms with Crippen LogP contribution in [0.1, 0.15) is 31.7 Å². The Bertz CT molecular complexity index is 863. The van der Waals surface area contributed by atoms with Gasteiger partial charge in [0.1, 0.15) is 0 Å². The zero-order chi connectivity index (χ0) is 19.7. The van der Waals surface area contributed by atoms with Gasteiger partial charge in [0.05, 0.1) is 5.41 Å². The van der Waals surface area contributed by atoms with E-state index in [1.54, 1.807) is 18.4 Å². The molecule has 1 aromatic carbocycles. The fourth-order valence-electron chi connectivity index (χ4n) is 4.56. The Kier molecular flexibility index (Phi) is 5.28. The molecule has 1 N–H and O–H groups in total. The van der Waals surface area contributed by atoms with E-state index in [4.69, 9.17) is 0 Å². The lowest BCUT2D eigenvalue weighted by molar-refractivity contribution is -0.142. The summed E-state index contributed by atoms with van der Waals surface area (Å²) in [4.78, 5) is 29.0. The van der Waals surface area contributed by atoms with Crippen LogP contribution in [0, 0.1) is 17.3 Å². The van der Waals surface area contributed by atoms with Gasteiger partial charge in [-0.2, -0.15) is 0 Å². The molecule has 0 unspecified atom stereocenters. The Morgan fingerprint density at radius 2 is 2.11 bits per heavy atom. The molecule has 2 amide bonds. The number of thiophene rings is 1. The van der Waals surface area contributed by atoms with Gasteiger partial charge in [-0.25, -0.2) is 0 Å². The highest BCUT2D eigenvalue weighted by Gasteiger charge is 2.47. The second-order valence-electron chi connectivity index (χ2n) is 8.40. The number of rotatable bonds is 5. The number of likely N-dealkylation sites (tertiary alicyclic amines) is 1. The van der Waals surface area contributed by atoms with E-state index in [-0.39, 0.29) is 17.7 Å². The lowest BCUT2D eigenvalue weighted by Crippen LogP contribution is -2.54. The van der Waals surface area contributed by atoms with Crippen molar-refractivity contribution in [1.82, 2.24) is 10.2 Å².